The number of hydrogen-bond acceptors (Lipinski definition) is 14. The fourth-order valence-electron chi connectivity index (χ4n) is 7.52. The number of aromatic nitrogens is 5. The molecule has 1 fully saturated rings. The third-order valence-corrected chi connectivity index (χ3v) is 15.2. The second kappa shape index (κ2) is 27.6. The lowest BCUT2D eigenvalue weighted by Crippen LogP contribution is -2.33. The lowest BCUT2D eigenvalue weighted by molar-refractivity contribution is -0.0317. The van der Waals surface area contributed by atoms with Gasteiger partial charge in [-0.1, -0.05) is 116 Å². The van der Waals surface area contributed by atoms with E-state index < -0.39 is 59.7 Å². The molecular formula is C44H71N8O13P3. The normalized spacial score (nSPS) is 17.8. The van der Waals surface area contributed by atoms with Crippen LogP contribution in [0.3, 0.4) is 0 Å². The predicted molar refractivity (Wildman–Crippen MR) is 264 cm³/mol. The van der Waals surface area contributed by atoms with Crippen molar-refractivity contribution in [1.29, 1.82) is 0 Å². The van der Waals surface area contributed by atoms with Crippen molar-refractivity contribution >= 4 is 45.0 Å². The van der Waals surface area contributed by atoms with Gasteiger partial charge in [-0.3, -0.25) is 18.9 Å². The molecule has 6 rings (SSSR count). The zero-order valence-corrected chi connectivity index (χ0v) is 43.5. The molecule has 1 saturated heterocycles. The summed E-state index contributed by atoms with van der Waals surface area (Å²) in [7, 11) is -16.9. The first-order valence-electron chi connectivity index (χ1n) is 22.9. The van der Waals surface area contributed by atoms with Crippen LogP contribution in [0.4, 0.5) is 0 Å². The molecule has 5 atom stereocenters. The molecule has 3 heterocycles. The molecule has 1 aliphatic heterocycles. The Bertz CT molecular complexity index is 2550. The third kappa shape index (κ3) is 17.3. The fourth-order valence-corrected chi connectivity index (χ4v) is 10.6. The monoisotopic (exact) mass is 1010 g/mol. The Morgan fingerprint density at radius 3 is 1.72 bits per heavy atom. The van der Waals surface area contributed by atoms with Gasteiger partial charge in [-0.25, -0.2) is 23.2 Å². The van der Waals surface area contributed by atoms with Gasteiger partial charge in [0.1, 0.15) is 12.3 Å². The Labute approximate surface area is 398 Å². The summed E-state index contributed by atoms with van der Waals surface area (Å²) in [5, 5.41) is 12.1. The van der Waals surface area contributed by atoms with Crippen molar-refractivity contribution in [1.82, 2.24) is 39.2 Å². The molecule has 380 valence electrons. The maximum Gasteiger partial charge on any atom is 0.490 e. The summed E-state index contributed by atoms with van der Waals surface area (Å²) in [5.74, 6) is 0. The van der Waals surface area contributed by atoms with Gasteiger partial charge in [0.05, 0.1) is 24.5 Å². The molecule has 0 bridgehead atoms. The van der Waals surface area contributed by atoms with Crippen molar-refractivity contribution in [2.24, 2.45) is 0 Å². The smallest absolute Gasteiger partial charge is 0.350 e. The van der Waals surface area contributed by atoms with Crippen molar-refractivity contribution in [3.8, 4) is 11.3 Å². The van der Waals surface area contributed by atoms with Crippen LogP contribution in [-0.4, -0.2) is 130 Å². The maximum absolute atomic E-state index is 12.7. The van der Waals surface area contributed by atoms with Crippen LogP contribution >= 0.6 is 23.5 Å². The highest BCUT2D eigenvalue weighted by molar-refractivity contribution is 7.66. The van der Waals surface area contributed by atoms with Crippen LogP contribution < -0.4 is 11.2 Å². The predicted octanol–water partition coefficient (Wildman–Crippen LogP) is 7.33. The summed E-state index contributed by atoms with van der Waals surface area (Å²) in [6.07, 6.45) is 0.517. The number of rotatable bonds is 19. The summed E-state index contributed by atoms with van der Waals surface area (Å²) >= 11 is 0. The van der Waals surface area contributed by atoms with Gasteiger partial charge < -0.3 is 39.0 Å². The second-order valence-corrected chi connectivity index (χ2v) is 19.8. The maximum atomic E-state index is 12.7. The van der Waals surface area contributed by atoms with Crippen LogP contribution in [0.5, 0.6) is 0 Å². The summed E-state index contributed by atoms with van der Waals surface area (Å²) in [6.45, 7) is 31.0. The van der Waals surface area contributed by atoms with Crippen molar-refractivity contribution in [3.05, 3.63) is 93.4 Å². The van der Waals surface area contributed by atoms with Gasteiger partial charge in [-0.15, -0.1) is 5.10 Å². The molecule has 21 nitrogen and oxygen atoms in total. The van der Waals surface area contributed by atoms with Crippen LogP contribution in [0.15, 0.2) is 76.6 Å². The Kier molecular flexibility index (Phi) is 23.8. The van der Waals surface area contributed by atoms with E-state index >= 15 is 0 Å². The zero-order valence-electron chi connectivity index (χ0n) is 40.8. The molecule has 0 spiro atoms. The average Bonchev–Trinajstić information content (AvgIpc) is 3.96. The van der Waals surface area contributed by atoms with Crippen molar-refractivity contribution in [2.75, 3.05) is 65.5 Å². The summed E-state index contributed by atoms with van der Waals surface area (Å²) in [6, 6.07) is 16.5. The average molecular weight is 1010 g/mol. The quantitative estimate of drug-likeness (QED) is 0.0400. The highest BCUT2D eigenvalue weighted by Crippen LogP contribution is 2.66. The van der Waals surface area contributed by atoms with Crippen LogP contribution in [0, 0.1) is 6.92 Å². The number of hydrogen-bond donors (Lipinski definition) is 5. The van der Waals surface area contributed by atoms with Gasteiger partial charge in [0.25, 0.3) is 5.56 Å². The highest BCUT2D eigenvalue weighted by Gasteiger charge is 2.44. The van der Waals surface area contributed by atoms with Gasteiger partial charge in [0, 0.05) is 23.7 Å². The number of nitrogens with zero attached hydrogens (tertiary/aromatic N) is 7. The fraction of sp³-hybridized carbons (Fsp3) is 0.545. The largest absolute Gasteiger partial charge is 0.490 e. The number of fused-ring (bicyclic) bond motifs is 3. The van der Waals surface area contributed by atoms with Crippen molar-refractivity contribution in [2.45, 2.75) is 94.0 Å². The number of nitrogens with one attached hydrogen (secondary N) is 1. The molecular weight excluding hydrogens is 941 g/mol. The van der Waals surface area contributed by atoms with E-state index in [1.54, 1.807) is 0 Å². The molecule has 0 aliphatic carbocycles. The minimum atomic E-state index is -5.78. The third-order valence-electron chi connectivity index (χ3n) is 11.4. The van der Waals surface area contributed by atoms with Crippen LogP contribution in [-0.2, 0) is 31.6 Å². The number of aromatic amines is 1. The molecule has 0 amide bonds. The van der Waals surface area contributed by atoms with Crippen molar-refractivity contribution < 1.29 is 51.2 Å². The standard InChI is InChI=1S/C26H26N5O13P3.3C6H15N/c1-15-13-30(26(33)28-25(15)32)24-11-21(23(42-24)14-41-46(37,38)44-47(39,40)43-45(34,35)36)31-22(12-27-29-31)20-10-16-6-2-3-7-17(16)18-8-4-5-9-19(18)20;3*1-4-7(5-2)6-3/h2-10,12-13,21,23-24H,11,14H2,1H3,(H,37,38)(H,39,40)(H,28,32,33)(H2,34,35,36);3*4-6H2,1-3H3/t21-,23+,24+;;;/m0.../s1. The van der Waals surface area contributed by atoms with Gasteiger partial charge in [0.15, 0.2) is 0 Å². The number of H-pyrrole nitrogens is 1. The van der Waals surface area contributed by atoms with Crippen LogP contribution in [0.1, 0.15) is 86.6 Å². The summed E-state index contributed by atoms with van der Waals surface area (Å²) in [4.78, 5) is 71.4. The number of phosphoric ester groups is 1. The first kappa shape index (κ1) is 58.6. The molecule has 5 N–H and O–H groups in total. The first-order chi connectivity index (χ1) is 32.1. The first-order valence-corrected chi connectivity index (χ1v) is 27.4. The number of benzene rings is 3. The number of ether oxygens (including phenoxy) is 1. The SMILES string of the molecule is CCN(CC)CC.CCN(CC)CC.CCN(CC)CC.Cc1cn([C@H]2C[C@H](n3nncc3-c3cc4ccccc4c4ccccc34)[C@@H](COP(=O)(O)OP(=O)(O)OP(=O)(O)O)O2)c(=O)[nH]c1=O. The minimum Gasteiger partial charge on any atom is -0.350 e. The molecule has 3 aromatic carbocycles. The molecule has 24 heteroatoms. The number of phosphoric acid groups is 3. The van der Waals surface area contributed by atoms with E-state index in [9.17, 15) is 33.1 Å². The van der Waals surface area contributed by atoms with Crippen LogP contribution in [0.25, 0.3) is 32.8 Å². The summed E-state index contributed by atoms with van der Waals surface area (Å²) in [5.41, 5.74) is 0.0421. The van der Waals surface area contributed by atoms with Crippen molar-refractivity contribution in [3.63, 3.8) is 0 Å². The molecule has 2 unspecified atom stereocenters. The molecule has 5 aromatic rings. The van der Waals surface area contributed by atoms with Gasteiger partial charge >= 0.3 is 29.2 Å². The van der Waals surface area contributed by atoms with E-state index in [1.165, 1.54) is 82.9 Å². The zero-order chi connectivity index (χ0) is 50.8. The highest BCUT2D eigenvalue weighted by atomic mass is 31.3. The second-order valence-electron chi connectivity index (χ2n) is 15.4. The Morgan fingerprint density at radius 1 is 0.721 bits per heavy atom. The molecule has 0 saturated carbocycles. The van der Waals surface area contributed by atoms with Crippen LogP contribution in [0.2, 0.25) is 0 Å². The summed E-state index contributed by atoms with van der Waals surface area (Å²) < 4.78 is 56.7. The topological polar surface area (TPSA) is 264 Å². The number of aryl methyl sites for hydroxylation is 1. The lowest BCUT2D eigenvalue weighted by atomic mass is 9.95. The van der Waals surface area contributed by atoms with E-state index in [4.69, 9.17) is 19.0 Å². The molecule has 68 heavy (non-hydrogen) atoms. The molecule has 2 aromatic heterocycles. The minimum absolute atomic E-state index is 0.00229. The van der Waals surface area contributed by atoms with E-state index in [0.29, 0.717) is 5.69 Å². The van der Waals surface area contributed by atoms with Gasteiger partial charge in [-0.05, 0) is 93.4 Å². The lowest BCUT2D eigenvalue weighted by Gasteiger charge is -2.22. The Hall–Kier alpha value is -3.75. The van der Waals surface area contributed by atoms with E-state index in [2.05, 4.69) is 101 Å². The Balaban J connectivity index is 0.000000485. The van der Waals surface area contributed by atoms with E-state index in [1.807, 2.05) is 54.6 Å². The van der Waals surface area contributed by atoms with Gasteiger partial charge in [0.2, 0.25) is 0 Å². The molecule has 1 aliphatic rings. The van der Waals surface area contributed by atoms with E-state index in [0.717, 1.165) is 31.7 Å². The van der Waals surface area contributed by atoms with E-state index in [-0.39, 0.29) is 12.0 Å². The molecule has 0 radical (unpaired) electrons. The Morgan fingerprint density at radius 2 is 1.22 bits per heavy atom. The van der Waals surface area contributed by atoms with Gasteiger partial charge in [-0.2, -0.15) is 8.62 Å².